The highest BCUT2D eigenvalue weighted by Crippen LogP contribution is 2.27. The molecule has 1 amide bonds. The van der Waals surface area contributed by atoms with Gasteiger partial charge in [0.25, 0.3) is 15.9 Å². The molecule has 1 aromatic heterocycles. The van der Waals surface area contributed by atoms with Gasteiger partial charge in [0.05, 0.1) is 5.56 Å². The van der Waals surface area contributed by atoms with Crippen LogP contribution in [-0.2, 0) is 10.0 Å². The summed E-state index contributed by atoms with van der Waals surface area (Å²) >= 11 is 0. The van der Waals surface area contributed by atoms with Crippen LogP contribution in [0, 0.1) is 0 Å². The Hall–Kier alpha value is -1.47. The van der Waals surface area contributed by atoms with Crippen molar-refractivity contribution in [3.8, 4) is 0 Å². The van der Waals surface area contributed by atoms with Gasteiger partial charge >= 0.3 is 0 Å². The lowest BCUT2D eigenvalue weighted by atomic mass is 10.3. The zero-order valence-electron chi connectivity index (χ0n) is 7.75. The Bertz CT molecular complexity index is 512. The van der Waals surface area contributed by atoms with Crippen molar-refractivity contribution in [2.24, 2.45) is 5.73 Å². The highest BCUT2D eigenvalue weighted by atomic mass is 32.2. The molecule has 6 nitrogen and oxygen atoms in total. The largest absolute Gasteiger partial charge is 0.329 e. The molecule has 0 aromatic carbocycles. The molecule has 7 heteroatoms. The number of carbonyl (C=O) groups is 1. The summed E-state index contributed by atoms with van der Waals surface area (Å²) in [5, 5.41) is -0.177. The highest BCUT2D eigenvalue weighted by Gasteiger charge is 2.41. The van der Waals surface area contributed by atoms with Gasteiger partial charge < -0.3 is 5.73 Å². The lowest BCUT2D eigenvalue weighted by Gasteiger charge is -2.12. The van der Waals surface area contributed by atoms with E-state index >= 15 is 0 Å². The van der Waals surface area contributed by atoms with E-state index in [1.807, 2.05) is 0 Å². The smallest absolute Gasteiger partial charge is 0.285 e. The third kappa shape index (κ3) is 1.31. The number of nitrogens with zero attached hydrogens (tertiary/aromatic N) is 2. The maximum Gasteiger partial charge on any atom is 0.285 e. The van der Waals surface area contributed by atoms with Crippen molar-refractivity contribution in [2.45, 2.75) is 5.03 Å². The molecular weight excluding hydrogens is 218 g/mol. The molecule has 80 valence electrons. The van der Waals surface area contributed by atoms with Crippen LogP contribution in [0.15, 0.2) is 23.4 Å². The average molecular weight is 227 g/mol. The molecule has 0 radical (unpaired) electrons. The Morgan fingerprint density at radius 3 is 2.80 bits per heavy atom. The summed E-state index contributed by atoms with van der Waals surface area (Å²) in [6, 6.07) is 2.97. The number of nitrogens with two attached hydrogens (primary N) is 1. The summed E-state index contributed by atoms with van der Waals surface area (Å²) in [4.78, 5) is 15.4. The van der Waals surface area contributed by atoms with Crippen molar-refractivity contribution in [3.05, 3.63) is 23.9 Å². The molecule has 2 heterocycles. The Balaban J connectivity index is 2.60. The molecule has 0 bridgehead atoms. The molecule has 1 aliphatic rings. The Morgan fingerprint density at radius 1 is 1.47 bits per heavy atom. The predicted octanol–water partition coefficient (Wildman–Crippen LogP) is -0.815. The highest BCUT2D eigenvalue weighted by molar-refractivity contribution is 7.90. The molecule has 2 N–H and O–H groups in total. The second-order valence-corrected chi connectivity index (χ2v) is 4.80. The van der Waals surface area contributed by atoms with Crippen LogP contribution in [-0.4, -0.2) is 36.7 Å². The van der Waals surface area contributed by atoms with Crippen LogP contribution >= 0.6 is 0 Å². The van der Waals surface area contributed by atoms with Crippen molar-refractivity contribution < 1.29 is 13.2 Å². The molecule has 0 aliphatic carbocycles. The summed E-state index contributed by atoms with van der Waals surface area (Å²) in [5.41, 5.74) is 5.36. The van der Waals surface area contributed by atoms with Gasteiger partial charge in [-0.3, -0.25) is 4.79 Å². The molecule has 0 unspecified atom stereocenters. The van der Waals surface area contributed by atoms with Gasteiger partial charge in [-0.05, 0) is 12.1 Å². The maximum absolute atomic E-state index is 11.8. The minimum Gasteiger partial charge on any atom is -0.329 e. The van der Waals surface area contributed by atoms with Gasteiger partial charge in [-0.15, -0.1) is 0 Å². The monoisotopic (exact) mass is 227 g/mol. The predicted molar refractivity (Wildman–Crippen MR) is 51.5 cm³/mol. The maximum atomic E-state index is 11.8. The number of aromatic nitrogens is 1. The van der Waals surface area contributed by atoms with Gasteiger partial charge in [0.2, 0.25) is 0 Å². The van der Waals surface area contributed by atoms with Crippen LogP contribution in [0.5, 0.6) is 0 Å². The van der Waals surface area contributed by atoms with Gasteiger partial charge in [0, 0.05) is 19.3 Å². The minimum absolute atomic E-state index is 0.0163. The van der Waals surface area contributed by atoms with Gasteiger partial charge in [-0.2, -0.15) is 8.42 Å². The summed E-state index contributed by atoms with van der Waals surface area (Å²) in [5.74, 6) is -0.552. The van der Waals surface area contributed by atoms with E-state index in [2.05, 4.69) is 4.98 Å². The summed E-state index contributed by atoms with van der Waals surface area (Å²) in [7, 11) is -3.77. The number of fused-ring (bicyclic) bond motifs is 1. The number of sulfonamides is 1. The fourth-order valence-corrected chi connectivity index (χ4v) is 2.94. The van der Waals surface area contributed by atoms with Gasteiger partial charge in [-0.25, -0.2) is 9.29 Å². The quantitative estimate of drug-likeness (QED) is 0.712. The van der Waals surface area contributed by atoms with Crippen LogP contribution in [0.1, 0.15) is 10.4 Å². The molecule has 0 fully saturated rings. The summed E-state index contributed by atoms with van der Waals surface area (Å²) in [6.45, 7) is 0.0798. The van der Waals surface area contributed by atoms with Crippen molar-refractivity contribution in [2.75, 3.05) is 13.1 Å². The van der Waals surface area contributed by atoms with E-state index in [9.17, 15) is 13.2 Å². The first-order valence-corrected chi connectivity index (χ1v) is 5.75. The molecule has 1 aromatic rings. The zero-order valence-corrected chi connectivity index (χ0v) is 8.57. The van der Waals surface area contributed by atoms with Crippen LogP contribution in [0.2, 0.25) is 0 Å². The number of amides is 1. The van der Waals surface area contributed by atoms with E-state index in [0.29, 0.717) is 0 Å². The number of pyridine rings is 1. The molecular formula is C8H9N3O3S. The average Bonchev–Trinajstić information content (AvgIpc) is 2.41. The number of carbonyl (C=O) groups excluding carboxylic acids is 1. The molecule has 0 saturated heterocycles. The minimum atomic E-state index is -3.77. The number of hydrogen-bond acceptors (Lipinski definition) is 5. The topological polar surface area (TPSA) is 93.4 Å². The second kappa shape index (κ2) is 3.28. The van der Waals surface area contributed by atoms with Gasteiger partial charge in [0.1, 0.15) is 0 Å². The second-order valence-electron chi connectivity index (χ2n) is 3.03. The fourth-order valence-electron chi connectivity index (χ4n) is 1.45. The lowest BCUT2D eigenvalue weighted by Crippen LogP contribution is -2.34. The molecule has 2 rings (SSSR count). The summed E-state index contributed by atoms with van der Waals surface area (Å²) in [6.07, 6.45) is 1.34. The van der Waals surface area contributed by atoms with E-state index in [0.717, 1.165) is 4.31 Å². The van der Waals surface area contributed by atoms with Crippen LogP contribution in [0.4, 0.5) is 0 Å². The van der Waals surface area contributed by atoms with Gasteiger partial charge in [0.15, 0.2) is 5.03 Å². The first-order valence-electron chi connectivity index (χ1n) is 4.31. The Kier molecular flexibility index (Phi) is 2.20. The molecule has 15 heavy (non-hydrogen) atoms. The van der Waals surface area contributed by atoms with Crippen molar-refractivity contribution in [1.29, 1.82) is 0 Å². The van der Waals surface area contributed by atoms with Crippen LogP contribution in [0.3, 0.4) is 0 Å². The van der Waals surface area contributed by atoms with E-state index in [1.165, 1.54) is 18.3 Å². The molecule has 0 atom stereocenters. The molecule has 0 spiro atoms. The van der Waals surface area contributed by atoms with E-state index in [-0.39, 0.29) is 23.7 Å². The SMILES string of the molecule is NCCN1C(=O)c2cccnc2S1(=O)=O. The Labute approximate surface area is 86.8 Å². The number of hydrogen-bond donors (Lipinski definition) is 1. The van der Waals surface area contributed by atoms with Crippen LogP contribution < -0.4 is 5.73 Å². The van der Waals surface area contributed by atoms with Crippen molar-refractivity contribution in [3.63, 3.8) is 0 Å². The zero-order chi connectivity index (χ0) is 11.1. The third-order valence-corrected chi connectivity index (χ3v) is 3.84. The molecule has 1 aliphatic heterocycles. The van der Waals surface area contributed by atoms with E-state index < -0.39 is 15.9 Å². The normalized spacial score (nSPS) is 17.9. The van der Waals surface area contributed by atoms with E-state index in [1.54, 1.807) is 0 Å². The van der Waals surface area contributed by atoms with Gasteiger partial charge in [-0.1, -0.05) is 0 Å². The lowest BCUT2D eigenvalue weighted by molar-refractivity contribution is 0.0873. The van der Waals surface area contributed by atoms with Crippen LogP contribution in [0.25, 0.3) is 0 Å². The van der Waals surface area contributed by atoms with Crippen molar-refractivity contribution >= 4 is 15.9 Å². The Morgan fingerprint density at radius 2 is 2.20 bits per heavy atom. The van der Waals surface area contributed by atoms with Crippen molar-refractivity contribution in [1.82, 2.24) is 9.29 Å². The van der Waals surface area contributed by atoms with E-state index in [4.69, 9.17) is 5.73 Å². The first-order chi connectivity index (χ1) is 7.09. The fraction of sp³-hybridized carbons (Fsp3) is 0.250. The third-order valence-electron chi connectivity index (χ3n) is 2.09. The standard InChI is InChI=1S/C8H9N3O3S/c9-3-5-11-8(12)6-2-1-4-10-7(6)15(11,13)14/h1-2,4H,3,5,9H2. The first kappa shape index (κ1) is 10.1. The molecule has 0 saturated carbocycles. The summed E-state index contributed by atoms with van der Waals surface area (Å²) < 4.78 is 24.3. The number of rotatable bonds is 2.